The summed E-state index contributed by atoms with van der Waals surface area (Å²) in [4.78, 5) is 20.5. The molecule has 0 aliphatic rings. The topological polar surface area (TPSA) is 52.6 Å². The maximum Gasteiger partial charge on any atom is 0.303 e. The zero-order chi connectivity index (χ0) is 14.8. The van der Waals surface area contributed by atoms with Crippen LogP contribution in [0.5, 0.6) is 0 Å². The Morgan fingerprint density at radius 1 is 1.17 bits per heavy atom. The van der Waals surface area contributed by atoms with Crippen LogP contribution in [-0.2, 0) is 19.1 Å². The molecule has 0 bridgehead atoms. The van der Waals surface area contributed by atoms with Gasteiger partial charge in [-0.1, -0.05) is 12.2 Å². The second-order valence-electron chi connectivity index (χ2n) is 4.45. The lowest BCUT2D eigenvalue weighted by Gasteiger charge is -2.18. The lowest BCUT2D eigenvalue weighted by atomic mass is 10.1. The highest BCUT2D eigenvalue weighted by molar-refractivity contribution is 5.66. The Morgan fingerprint density at radius 2 is 1.67 bits per heavy atom. The second kappa shape index (κ2) is 9.45. The lowest BCUT2D eigenvalue weighted by molar-refractivity contribution is -0.149. The first kappa shape index (κ1) is 18.8. The van der Waals surface area contributed by atoms with Gasteiger partial charge in [0, 0.05) is 20.3 Å². The van der Waals surface area contributed by atoms with Crippen LogP contribution in [-0.4, -0.2) is 24.1 Å². The van der Waals surface area contributed by atoms with Crippen LogP contribution in [0.1, 0.15) is 41.0 Å². The molecule has 0 aliphatic carbocycles. The van der Waals surface area contributed by atoms with Gasteiger partial charge in [-0.05, 0) is 26.8 Å². The highest BCUT2D eigenvalue weighted by atomic mass is 16.6. The minimum atomic E-state index is -0.522. The van der Waals surface area contributed by atoms with Crippen molar-refractivity contribution in [3.63, 3.8) is 0 Å². The third-order valence-corrected chi connectivity index (χ3v) is 1.73. The van der Waals surface area contributed by atoms with E-state index in [9.17, 15) is 9.59 Å². The van der Waals surface area contributed by atoms with Crippen LogP contribution in [0.2, 0.25) is 0 Å². The summed E-state index contributed by atoms with van der Waals surface area (Å²) in [5, 5.41) is 0. The van der Waals surface area contributed by atoms with Crippen LogP contribution >= 0.6 is 0 Å². The average Bonchev–Trinajstić information content (AvgIpc) is 2.15. The van der Waals surface area contributed by atoms with Gasteiger partial charge < -0.3 is 9.47 Å². The monoisotopic (exact) mass is 256 g/mol. The third-order valence-electron chi connectivity index (χ3n) is 1.73. The molecule has 4 heteroatoms. The van der Waals surface area contributed by atoms with E-state index in [1.54, 1.807) is 19.9 Å². The first-order valence-electron chi connectivity index (χ1n) is 5.71. The van der Waals surface area contributed by atoms with Crippen molar-refractivity contribution in [1.82, 2.24) is 0 Å². The van der Waals surface area contributed by atoms with Crippen molar-refractivity contribution in [3.8, 4) is 0 Å². The highest BCUT2D eigenvalue weighted by Gasteiger charge is 2.14. The molecule has 0 heterocycles. The number of esters is 2. The average molecular weight is 256 g/mol. The first-order chi connectivity index (χ1) is 8.10. The van der Waals surface area contributed by atoms with Gasteiger partial charge in [-0.2, -0.15) is 0 Å². The Morgan fingerprint density at radius 3 is 1.89 bits per heavy atom. The summed E-state index contributed by atoms with van der Waals surface area (Å²) in [5.41, 5.74) is 0.516. The van der Waals surface area contributed by atoms with Crippen molar-refractivity contribution in [2.45, 2.75) is 46.6 Å². The largest absolute Gasteiger partial charge is 0.466 e. The van der Waals surface area contributed by atoms with Crippen molar-refractivity contribution in [3.05, 3.63) is 24.8 Å². The zero-order valence-corrected chi connectivity index (χ0v) is 12.0. The molecule has 0 atom stereocenters. The van der Waals surface area contributed by atoms with Gasteiger partial charge in [0.1, 0.15) is 5.60 Å². The number of carbonyl (C=O) groups excluding carboxylic acids is 2. The van der Waals surface area contributed by atoms with Gasteiger partial charge in [-0.15, -0.1) is 6.58 Å². The maximum absolute atomic E-state index is 10.3. The van der Waals surface area contributed by atoms with Gasteiger partial charge in [0.15, 0.2) is 0 Å². The summed E-state index contributed by atoms with van der Waals surface area (Å²) in [5.74, 6) is -0.504. The zero-order valence-electron chi connectivity index (χ0n) is 12.0. The predicted octanol–water partition coefficient (Wildman–Crippen LogP) is 3.03. The minimum absolute atomic E-state index is 0.226. The molecule has 0 aromatic carbocycles. The first-order valence-corrected chi connectivity index (χ1v) is 5.71. The molecule has 0 saturated carbocycles. The number of ether oxygens (including phenoxy) is 2. The molecule has 104 valence electrons. The molecule has 0 aromatic rings. The molecule has 0 rings (SSSR count). The van der Waals surface area contributed by atoms with Gasteiger partial charge in [0.05, 0.1) is 6.61 Å². The molecule has 0 N–H and O–H groups in total. The van der Waals surface area contributed by atoms with Crippen molar-refractivity contribution < 1.29 is 19.1 Å². The van der Waals surface area contributed by atoms with Crippen LogP contribution in [0.4, 0.5) is 0 Å². The predicted molar refractivity (Wildman–Crippen MR) is 72.1 cm³/mol. The Balaban J connectivity index is 0. The summed E-state index contributed by atoms with van der Waals surface area (Å²) < 4.78 is 9.48. The van der Waals surface area contributed by atoms with Gasteiger partial charge in [-0.25, -0.2) is 0 Å². The molecule has 0 fully saturated rings. The van der Waals surface area contributed by atoms with Gasteiger partial charge in [-0.3, -0.25) is 9.59 Å². The molecule has 0 amide bonds. The van der Waals surface area contributed by atoms with Crippen molar-refractivity contribution >= 4 is 11.9 Å². The highest BCUT2D eigenvalue weighted by Crippen LogP contribution is 2.08. The minimum Gasteiger partial charge on any atom is -0.466 e. The van der Waals surface area contributed by atoms with Crippen molar-refractivity contribution in [2.24, 2.45) is 0 Å². The molecule has 18 heavy (non-hydrogen) atoms. The molecule has 4 nitrogen and oxygen atoms in total. The fourth-order valence-electron chi connectivity index (χ4n) is 0.781. The third kappa shape index (κ3) is 16.8. The van der Waals surface area contributed by atoms with E-state index in [-0.39, 0.29) is 11.9 Å². The SMILES string of the molecule is C=C(C)CCOC(C)=O.C=CC(C)(C)OC(C)=O. The number of rotatable bonds is 5. The molecule has 0 aromatic heterocycles. The lowest BCUT2D eigenvalue weighted by Crippen LogP contribution is -2.23. The summed E-state index contributed by atoms with van der Waals surface area (Å²) in [7, 11) is 0. The van der Waals surface area contributed by atoms with Crippen molar-refractivity contribution in [2.75, 3.05) is 6.61 Å². The summed E-state index contributed by atoms with van der Waals surface area (Å²) in [6.45, 7) is 15.9. The number of hydrogen-bond donors (Lipinski definition) is 0. The van der Waals surface area contributed by atoms with Crippen molar-refractivity contribution in [1.29, 1.82) is 0 Å². The number of carbonyl (C=O) groups is 2. The standard InChI is InChI=1S/2C7H12O2/c1-6(2)4-5-9-7(3)8;1-5-7(3,4)9-6(2)8/h1,4-5H2,2-3H3;5H,1H2,2-4H3. The van der Waals surface area contributed by atoms with Crippen LogP contribution in [0.25, 0.3) is 0 Å². The van der Waals surface area contributed by atoms with E-state index >= 15 is 0 Å². The fourth-order valence-corrected chi connectivity index (χ4v) is 0.781. The van der Waals surface area contributed by atoms with Crippen LogP contribution in [0.15, 0.2) is 24.8 Å². The Bertz CT molecular complexity index is 289. The molecule has 0 saturated heterocycles. The van der Waals surface area contributed by atoms with Crippen LogP contribution in [0, 0.1) is 0 Å². The van der Waals surface area contributed by atoms with E-state index in [0.717, 1.165) is 12.0 Å². The van der Waals surface area contributed by atoms with Gasteiger partial charge in [0.2, 0.25) is 0 Å². The summed E-state index contributed by atoms with van der Waals surface area (Å²) in [6.07, 6.45) is 2.36. The molecule has 0 unspecified atom stereocenters. The van der Waals surface area contributed by atoms with Crippen LogP contribution in [0.3, 0.4) is 0 Å². The molecular weight excluding hydrogens is 232 g/mol. The molecule has 0 radical (unpaired) electrons. The Hall–Kier alpha value is -1.58. The second-order valence-corrected chi connectivity index (χ2v) is 4.45. The smallest absolute Gasteiger partial charge is 0.303 e. The summed E-state index contributed by atoms with van der Waals surface area (Å²) in [6, 6.07) is 0. The van der Waals surface area contributed by atoms with E-state index in [1.165, 1.54) is 13.8 Å². The molecular formula is C14H24O4. The van der Waals surface area contributed by atoms with E-state index < -0.39 is 5.60 Å². The van der Waals surface area contributed by atoms with E-state index in [2.05, 4.69) is 17.9 Å². The quantitative estimate of drug-likeness (QED) is 0.560. The fraction of sp³-hybridized carbons (Fsp3) is 0.571. The Kier molecular flexibility index (Phi) is 9.86. The van der Waals surface area contributed by atoms with E-state index in [0.29, 0.717) is 6.61 Å². The Labute approximate surface area is 110 Å². The normalized spacial score (nSPS) is 9.61. The summed E-state index contributed by atoms with van der Waals surface area (Å²) >= 11 is 0. The van der Waals surface area contributed by atoms with Gasteiger partial charge in [0.25, 0.3) is 0 Å². The van der Waals surface area contributed by atoms with E-state index in [4.69, 9.17) is 4.74 Å². The molecule has 0 spiro atoms. The number of hydrogen-bond acceptors (Lipinski definition) is 4. The molecule has 0 aliphatic heterocycles. The van der Waals surface area contributed by atoms with E-state index in [1.807, 2.05) is 6.92 Å². The maximum atomic E-state index is 10.3. The van der Waals surface area contributed by atoms with Crippen LogP contribution < -0.4 is 0 Å². The van der Waals surface area contributed by atoms with Gasteiger partial charge >= 0.3 is 11.9 Å².